The molecule has 0 saturated carbocycles. The molecule has 0 atom stereocenters. The molecule has 0 spiro atoms. The van der Waals surface area contributed by atoms with E-state index in [4.69, 9.17) is 0 Å². The third kappa shape index (κ3) is 3.26. The van der Waals surface area contributed by atoms with E-state index >= 15 is 0 Å². The summed E-state index contributed by atoms with van der Waals surface area (Å²) < 4.78 is 0. The van der Waals surface area contributed by atoms with Gasteiger partial charge in [-0.05, 0) is 30.5 Å². The number of H-pyrrole nitrogens is 1. The van der Waals surface area contributed by atoms with Crippen LogP contribution in [0.3, 0.4) is 0 Å². The third-order valence-corrected chi connectivity index (χ3v) is 5.22. The molecule has 0 aliphatic carbocycles. The first-order valence-corrected chi connectivity index (χ1v) is 9.27. The fraction of sp³-hybridized carbons (Fsp3) is 0.158. The van der Waals surface area contributed by atoms with Gasteiger partial charge in [0, 0.05) is 19.0 Å². The first kappa shape index (κ1) is 17.2. The van der Waals surface area contributed by atoms with Gasteiger partial charge < -0.3 is 5.32 Å². The van der Waals surface area contributed by atoms with Gasteiger partial charge in [-0.2, -0.15) is 5.10 Å². The van der Waals surface area contributed by atoms with Crippen molar-refractivity contribution < 1.29 is 14.4 Å². The highest BCUT2D eigenvalue weighted by Crippen LogP contribution is 2.25. The molecule has 1 aromatic carbocycles. The molecule has 0 saturated heterocycles. The summed E-state index contributed by atoms with van der Waals surface area (Å²) in [7, 11) is 0. The molecule has 0 fully saturated rings. The Kier molecular flexibility index (Phi) is 4.33. The Hall–Kier alpha value is -3.26. The van der Waals surface area contributed by atoms with Crippen molar-refractivity contribution in [3.05, 3.63) is 58.5 Å². The largest absolute Gasteiger partial charge is 0.309 e. The average Bonchev–Trinajstić information content (AvgIpc) is 3.36. The Morgan fingerprint density at radius 2 is 2.00 bits per heavy atom. The minimum atomic E-state index is -0.359. The smallest absolute Gasteiger partial charge is 0.261 e. The number of anilines is 1. The summed E-state index contributed by atoms with van der Waals surface area (Å²) in [4.78, 5) is 39.1. The molecule has 4 rings (SSSR count). The average molecular weight is 380 g/mol. The predicted molar refractivity (Wildman–Crippen MR) is 102 cm³/mol. The number of benzene rings is 1. The summed E-state index contributed by atoms with van der Waals surface area (Å²) in [5, 5.41) is 11.6. The van der Waals surface area contributed by atoms with E-state index in [0.29, 0.717) is 16.9 Å². The van der Waals surface area contributed by atoms with Crippen molar-refractivity contribution in [2.24, 2.45) is 0 Å². The van der Waals surface area contributed by atoms with Crippen LogP contribution in [0.15, 0.2) is 41.8 Å². The fourth-order valence-electron chi connectivity index (χ4n) is 2.97. The minimum Gasteiger partial charge on any atom is -0.309 e. The van der Waals surface area contributed by atoms with Crippen LogP contribution in [-0.2, 0) is 4.79 Å². The molecule has 0 radical (unpaired) electrons. The predicted octanol–water partition coefficient (Wildman–Crippen LogP) is 3.07. The van der Waals surface area contributed by atoms with Crippen LogP contribution in [0, 0.1) is 6.92 Å². The molecule has 3 amide bonds. The van der Waals surface area contributed by atoms with Crippen LogP contribution in [0.4, 0.5) is 5.82 Å². The number of aryl methyl sites for hydroxylation is 1. The third-order valence-electron chi connectivity index (χ3n) is 4.32. The van der Waals surface area contributed by atoms with Gasteiger partial charge in [-0.25, -0.2) is 0 Å². The molecule has 27 heavy (non-hydrogen) atoms. The zero-order valence-electron chi connectivity index (χ0n) is 14.5. The number of hydrogen-bond donors (Lipinski definition) is 2. The molecule has 0 unspecified atom stereocenters. The summed E-state index contributed by atoms with van der Waals surface area (Å²) in [6.07, 6.45) is 0.00560. The maximum absolute atomic E-state index is 12.4. The molecule has 2 aromatic heterocycles. The second-order valence-electron chi connectivity index (χ2n) is 6.25. The lowest BCUT2D eigenvalue weighted by molar-refractivity contribution is -0.116. The Labute approximate surface area is 159 Å². The summed E-state index contributed by atoms with van der Waals surface area (Å²) in [5.41, 5.74) is 2.51. The maximum Gasteiger partial charge on any atom is 0.261 e. The first-order valence-electron chi connectivity index (χ1n) is 8.39. The van der Waals surface area contributed by atoms with Crippen molar-refractivity contribution in [1.29, 1.82) is 0 Å². The number of aromatic amines is 1. The Balaban J connectivity index is 1.37. The second-order valence-corrected chi connectivity index (χ2v) is 7.20. The van der Waals surface area contributed by atoms with Gasteiger partial charge in [0.25, 0.3) is 11.8 Å². The van der Waals surface area contributed by atoms with E-state index in [9.17, 15) is 14.4 Å². The number of fused-ring (bicyclic) bond motifs is 1. The number of rotatable bonds is 5. The molecule has 1 aliphatic rings. The molecule has 3 aromatic rings. The fourth-order valence-corrected chi connectivity index (χ4v) is 3.66. The second kappa shape index (κ2) is 6.81. The van der Waals surface area contributed by atoms with Gasteiger partial charge in [0.1, 0.15) is 0 Å². The zero-order chi connectivity index (χ0) is 19.0. The van der Waals surface area contributed by atoms with Gasteiger partial charge in [-0.3, -0.25) is 24.4 Å². The molecule has 2 N–H and O–H groups in total. The van der Waals surface area contributed by atoms with Gasteiger partial charge in [-0.15, -0.1) is 11.3 Å². The first-order chi connectivity index (χ1) is 13.0. The highest BCUT2D eigenvalue weighted by atomic mass is 32.1. The van der Waals surface area contributed by atoms with Gasteiger partial charge in [-0.1, -0.05) is 17.7 Å². The number of nitrogens with zero attached hydrogens (tertiary/aromatic N) is 2. The molecule has 8 heteroatoms. The Bertz CT molecular complexity index is 1040. The Morgan fingerprint density at radius 3 is 2.78 bits per heavy atom. The highest BCUT2D eigenvalue weighted by Gasteiger charge is 2.35. The summed E-state index contributed by atoms with van der Waals surface area (Å²) in [5.74, 6) is -0.623. The van der Waals surface area contributed by atoms with E-state index in [-0.39, 0.29) is 30.7 Å². The number of nitrogens with one attached hydrogen (secondary N) is 2. The summed E-state index contributed by atoms with van der Waals surface area (Å²) in [6, 6.07) is 10.8. The molecule has 3 heterocycles. The maximum atomic E-state index is 12.4. The molecule has 136 valence electrons. The van der Waals surface area contributed by atoms with Crippen LogP contribution in [-0.4, -0.2) is 39.4 Å². The van der Waals surface area contributed by atoms with Gasteiger partial charge >= 0.3 is 0 Å². The SMILES string of the molecule is Cc1ccc2c(c1)C(=O)N(CCC(=O)Nc1cc(-c3cccs3)[nH]n1)C2=O. The van der Waals surface area contributed by atoms with E-state index < -0.39 is 0 Å². The van der Waals surface area contributed by atoms with Gasteiger partial charge in [0.15, 0.2) is 5.82 Å². The zero-order valence-corrected chi connectivity index (χ0v) is 15.3. The van der Waals surface area contributed by atoms with Crippen LogP contribution in [0.2, 0.25) is 0 Å². The van der Waals surface area contributed by atoms with E-state index in [0.717, 1.165) is 21.0 Å². The molecular weight excluding hydrogens is 364 g/mol. The van der Waals surface area contributed by atoms with E-state index in [1.165, 1.54) is 0 Å². The van der Waals surface area contributed by atoms with Crippen molar-refractivity contribution in [1.82, 2.24) is 15.1 Å². The number of carbonyl (C=O) groups is 3. The van der Waals surface area contributed by atoms with Crippen molar-refractivity contribution in [2.75, 3.05) is 11.9 Å². The number of carbonyl (C=O) groups excluding carboxylic acids is 3. The number of hydrogen-bond acceptors (Lipinski definition) is 5. The molecular formula is C19H16N4O3S. The van der Waals surface area contributed by atoms with Crippen molar-refractivity contribution in [3.8, 4) is 10.6 Å². The quantitative estimate of drug-likeness (QED) is 0.665. The van der Waals surface area contributed by atoms with Crippen molar-refractivity contribution in [2.45, 2.75) is 13.3 Å². The minimum absolute atomic E-state index is 0.00560. The standard InChI is InChI=1S/C19H16N4O3S/c1-11-4-5-12-13(9-11)19(26)23(18(12)25)7-6-17(24)20-16-10-14(21-22-16)15-3-2-8-27-15/h2-5,8-10H,6-7H2,1H3,(H2,20,21,22,24). The van der Waals surface area contributed by atoms with Crippen LogP contribution >= 0.6 is 11.3 Å². The number of imide groups is 1. The van der Waals surface area contributed by atoms with E-state index in [1.54, 1.807) is 35.6 Å². The summed E-state index contributed by atoms with van der Waals surface area (Å²) >= 11 is 1.57. The van der Waals surface area contributed by atoms with Crippen molar-refractivity contribution >= 4 is 34.9 Å². The number of aromatic nitrogens is 2. The lowest BCUT2D eigenvalue weighted by atomic mass is 10.1. The van der Waals surface area contributed by atoms with Crippen molar-refractivity contribution in [3.63, 3.8) is 0 Å². The number of amides is 3. The van der Waals surface area contributed by atoms with Crippen LogP contribution in [0.25, 0.3) is 10.6 Å². The Morgan fingerprint density at radius 1 is 1.19 bits per heavy atom. The van der Waals surface area contributed by atoms with Gasteiger partial charge in [0.2, 0.25) is 5.91 Å². The highest BCUT2D eigenvalue weighted by molar-refractivity contribution is 7.13. The lowest BCUT2D eigenvalue weighted by Gasteiger charge is -2.12. The normalized spacial score (nSPS) is 13.1. The van der Waals surface area contributed by atoms with Gasteiger partial charge in [0.05, 0.1) is 21.7 Å². The molecule has 7 nitrogen and oxygen atoms in total. The number of thiophene rings is 1. The lowest BCUT2D eigenvalue weighted by Crippen LogP contribution is -2.32. The van der Waals surface area contributed by atoms with E-state index in [1.807, 2.05) is 24.4 Å². The summed E-state index contributed by atoms with van der Waals surface area (Å²) in [6.45, 7) is 1.89. The monoisotopic (exact) mass is 380 g/mol. The van der Waals surface area contributed by atoms with Crippen LogP contribution < -0.4 is 5.32 Å². The molecule has 1 aliphatic heterocycles. The van der Waals surface area contributed by atoms with Crippen LogP contribution in [0.1, 0.15) is 32.7 Å². The molecule has 0 bridgehead atoms. The topological polar surface area (TPSA) is 95.2 Å². The van der Waals surface area contributed by atoms with Crippen LogP contribution in [0.5, 0.6) is 0 Å². The van der Waals surface area contributed by atoms with E-state index in [2.05, 4.69) is 15.5 Å².